The molecule has 0 unspecified atom stereocenters. The average Bonchev–Trinajstić information content (AvgIpc) is 2.59. The molecule has 0 fully saturated rings. The van der Waals surface area contributed by atoms with E-state index >= 15 is 0 Å². The highest BCUT2D eigenvalue weighted by Crippen LogP contribution is 2.11. The van der Waals surface area contributed by atoms with E-state index in [2.05, 4.69) is 15.6 Å². The molecular formula is C17H19FN4O2. The first-order valence-electron chi connectivity index (χ1n) is 7.51. The molecule has 2 aromatic carbocycles. The molecule has 126 valence electrons. The fourth-order valence-electron chi connectivity index (χ4n) is 2.16. The summed E-state index contributed by atoms with van der Waals surface area (Å²) < 4.78 is 13.5. The molecule has 0 atom stereocenters. The predicted molar refractivity (Wildman–Crippen MR) is 91.4 cm³/mol. The van der Waals surface area contributed by atoms with Gasteiger partial charge < -0.3 is 10.6 Å². The Bertz CT molecular complexity index is 717. The molecule has 0 saturated heterocycles. The van der Waals surface area contributed by atoms with Crippen molar-refractivity contribution in [3.8, 4) is 0 Å². The van der Waals surface area contributed by atoms with E-state index in [1.807, 2.05) is 0 Å². The maximum absolute atomic E-state index is 13.5. The molecule has 2 N–H and O–H groups in total. The standard InChI is InChI=1S/C17H19FN4O2/c1-19-17(20-11-10-14-4-2-3-5-16(14)18)21-12-13-6-8-15(9-7-13)22(23)24/h2-9H,10-12H2,1H3,(H2,19,20,21). The molecule has 7 heteroatoms. The van der Waals surface area contributed by atoms with E-state index in [1.165, 1.54) is 18.2 Å². The van der Waals surface area contributed by atoms with Gasteiger partial charge >= 0.3 is 0 Å². The van der Waals surface area contributed by atoms with Gasteiger partial charge in [-0.15, -0.1) is 0 Å². The molecule has 0 amide bonds. The number of guanidine groups is 1. The van der Waals surface area contributed by atoms with Crippen LogP contribution in [0.2, 0.25) is 0 Å². The second-order valence-electron chi connectivity index (χ2n) is 5.12. The second-order valence-corrected chi connectivity index (χ2v) is 5.12. The zero-order valence-electron chi connectivity index (χ0n) is 13.3. The highest BCUT2D eigenvalue weighted by Gasteiger charge is 2.05. The van der Waals surface area contributed by atoms with Crippen LogP contribution in [-0.2, 0) is 13.0 Å². The lowest BCUT2D eigenvalue weighted by Crippen LogP contribution is -2.37. The third-order valence-corrected chi connectivity index (χ3v) is 3.48. The third-order valence-electron chi connectivity index (χ3n) is 3.48. The third kappa shape index (κ3) is 5.05. The monoisotopic (exact) mass is 330 g/mol. The lowest BCUT2D eigenvalue weighted by atomic mass is 10.1. The van der Waals surface area contributed by atoms with E-state index in [1.54, 1.807) is 37.4 Å². The number of nitro groups is 1. The Morgan fingerprint density at radius 3 is 2.50 bits per heavy atom. The van der Waals surface area contributed by atoms with Gasteiger partial charge in [-0.25, -0.2) is 4.39 Å². The fourth-order valence-corrected chi connectivity index (χ4v) is 2.16. The summed E-state index contributed by atoms with van der Waals surface area (Å²) in [6.45, 7) is 1.03. The summed E-state index contributed by atoms with van der Waals surface area (Å²) in [5.41, 5.74) is 1.61. The van der Waals surface area contributed by atoms with Crippen molar-refractivity contribution >= 4 is 11.6 Å². The van der Waals surface area contributed by atoms with E-state index in [0.717, 1.165) is 5.56 Å². The van der Waals surface area contributed by atoms with Crippen LogP contribution in [0, 0.1) is 15.9 Å². The van der Waals surface area contributed by atoms with Crippen molar-refractivity contribution in [1.29, 1.82) is 0 Å². The molecule has 0 aromatic heterocycles. The molecule has 0 radical (unpaired) electrons. The molecule has 0 aliphatic carbocycles. The minimum Gasteiger partial charge on any atom is -0.356 e. The molecule has 0 bridgehead atoms. The van der Waals surface area contributed by atoms with Crippen molar-refractivity contribution < 1.29 is 9.31 Å². The SMILES string of the molecule is CN=C(NCCc1ccccc1F)NCc1ccc([N+](=O)[O-])cc1. The maximum Gasteiger partial charge on any atom is 0.269 e. The zero-order chi connectivity index (χ0) is 17.4. The van der Waals surface area contributed by atoms with E-state index in [0.29, 0.717) is 31.0 Å². The van der Waals surface area contributed by atoms with Gasteiger partial charge in [-0.1, -0.05) is 30.3 Å². The average molecular weight is 330 g/mol. The summed E-state index contributed by atoms with van der Waals surface area (Å²) in [6, 6.07) is 13.0. The summed E-state index contributed by atoms with van der Waals surface area (Å²) in [5.74, 6) is 0.373. The lowest BCUT2D eigenvalue weighted by Gasteiger charge is -2.12. The second kappa shape index (κ2) is 8.61. The number of nitro benzene ring substituents is 1. The zero-order valence-corrected chi connectivity index (χ0v) is 13.3. The molecule has 6 nitrogen and oxygen atoms in total. The summed E-state index contributed by atoms with van der Waals surface area (Å²) in [6.07, 6.45) is 0.547. The molecule has 2 rings (SSSR count). The Labute approximate surface area is 139 Å². The Kier molecular flexibility index (Phi) is 6.24. The van der Waals surface area contributed by atoms with Crippen molar-refractivity contribution in [1.82, 2.24) is 10.6 Å². The Hall–Kier alpha value is -2.96. The van der Waals surface area contributed by atoms with Gasteiger partial charge in [-0.2, -0.15) is 0 Å². The fraction of sp³-hybridized carbons (Fsp3) is 0.235. The van der Waals surface area contributed by atoms with Crippen LogP contribution in [0.15, 0.2) is 53.5 Å². The van der Waals surface area contributed by atoms with Gasteiger partial charge in [-0.05, 0) is 23.6 Å². The minimum atomic E-state index is -0.430. The molecule has 0 aliphatic heterocycles. The number of non-ortho nitro benzene ring substituents is 1. The maximum atomic E-state index is 13.5. The first-order chi connectivity index (χ1) is 11.6. The summed E-state index contributed by atoms with van der Waals surface area (Å²) in [4.78, 5) is 14.3. The minimum absolute atomic E-state index is 0.0612. The van der Waals surface area contributed by atoms with E-state index < -0.39 is 4.92 Å². The van der Waals surface area contributed by atoms with E-state index in [4.69, 9.17) is 0 Å². The van der Waals surface area contributed by atoms with Crippen LogP contribution in [0.4, 0.5) is 10.1 Å². The first-order valence-corrected chi connectivity index (χ1v) is 7.51. The van der Waals surface area contributed by atoms with Gasteiger partial charge in [0.2, 0.25) is 0 Å². The number of hydrogen-bond donors (Lipinski definition) is 2. The van der Waals surface area contributed by atoms with Crippen LogP contribution < -0.4 is 10.6 Å². The van der Waals surface area contributed by atoms with Crippen LogP contribution >= 0.6 is 0 Å². The number of hydrogen-bond acceptors (Lipinski definition) is 3. The number of rotatable bonds is 6. The molecule has 0 heterocycles. The molecule has 24 heavy (non-hydrogen) atoms. The van der Waals surface area contributed by atoms with Gasteiger partial charge in [0, 0.05) is 32.3 Å². The van der Waals surface area contributed by atoms with Gasteiger partial charge in [0.25, 0.3) is 5.69 Å². The number of aliphatic imine (C=N–C) groups is 1. The van der Waals surface area contributed by atoms with Crippen LogP contribution in [0.5, 0.6) is 0 Å². The number of benzene rings is 2. The van der Waals surface area contributed by atoms with Crippen molar-refractivity contribution in [3.05, 3.63) is 75.6 Å². The first kappa shape index (κ1) is 17.4. The van der Waals surface area contributed by atoms with Crippen molar-refractivity contribution in [3.63, 3.8) is 0 Å². The van der Waals surface area contributed by atoms with Crippen LogP contribution in [0.1, 0.15) is 11.1 Å². The van der Waals surface area contributed by atoms with E-state index in [9.17, 15) is 14.5 Å². The Morgan fingerprint density at radius 1 is 1.17 bits per heavy atom. The Balaban J connectivity index is 1.80. The smallest absolute Gasteiger partial charge is 0.269 e. The summed E-state index contributed by atoms with van der Waals surface area (Å²) in [5, 5.41) is 16.8. The summed E-state index contributed by atoms with van der Waals surface area (Å²) in [7, 11) is 1.65. The van der Waals surface area contributed by atoms with Gasteiger partial charge in [0.05, 0.1) is 4.92 Å². The number of nitrogens with zero attached hydrogens (tertiary/aromatic N) is 2. The molecule has 0 spiro atoms. The highest BCUT2D eigenvalue weighted by atomic mass is 19.1. The lowest BCUT2D eigenvalue weighted by molar-refractivity contribution is -0.384. The molecule has 0 saturated carbocycles. The largest absolute Gasteiger partial charge is 0.356 e. The van der Waals surface area contributed by atoms with Crippen molar-refractivity contribution in [2.75, 3.05) is 13.6 Å². The van der Waals surface area contributed by atoms with Gasteiger partial charge in [0.15, 0.2) is 5.96 Å². The summed E-state index contributed by atoms with van der Waals surface area (Å²) >= 11 is 0. The van der Waals surface area contributed by atoms with Crippen molar-refractivity contribution in [2.24, 2.45) is 4.99 Å². The molecular weight excluding hydrogens is 311 g/mol. The quantitative estimate of drug-likeness (QED) is 0.369. The normalized spacial score (nSPS) is 11.2. The topological polar surface area (TPSA) is 79.6 Å². The Morgan fingerprint density at radius 2 is 1.88 bits per heavy atom. The van der Waals surface area contributed by atoms with Crippen LogP contribution in [-0.4, -0.2) is 24.5 Å². The highest BCUT2D eigenvalue weighted by molar-refractivity contribution is 5.79. The number of nitrogens with one attached hydrogen (secondary N) is 2. The van der Waals surface area contributed by atoms with Crippen LogP contribution in [0.3, 0.4) is 0 Å². The van der Waals surface area contributed by atoms with Crippen molar-refractivity contribution in [2.45, 2.75) is 13.0 Å². The van der Waals surface area contributed by atoms with E-state index in [-0.39, 0.29) is 11.5 Å². The number of halogens is 1. The predicted octanol–water partition coefficient (Wildman–Crippen LogP) is 2.64. The van der Waals surface area contributed by atoms with Crippen LogP contribution in [0.25, 0.3) is 0 Å². The molecule has 2 aromatic rings. The van der Waals surface area contributed by atoms with Gasteiger partial charge in [0.1, 0.15) is 5.82 Å². The van der Waals surface area contributed by atoms with Gasteiger partial charge in [-0.3, -0.25) is 15.1 Å². The molecule has 0 aliphatic rings.